The van der Waals surface area contributed by atoms with Crippen LogP contribution in [-0.2, 0) is 0 Å². The largest absolute Gasteiger partial charge is 0.367 e. The highest BCUT2D eigenvalue weighted by Gasteiger charge is 2.35. The lowest BCUT2D eigenvalue weighted by Gasteiger charge is -2.36. The summed E-state index contributed by atoms with van der Waals surface area (Å²) in [5.41, 5.74) is 1.27. The molecular formula is C13H22N4. The number of hydrogen-bond acceptors (Lipinski definition) is 4. The van der Waals surface area contributed by atoms with Crippen LogP contribution in [0.3, 0.4) is 0 Å². The summed E-state index contributed by atoms with van der Waals surface area (Å²) in [5, 5.41) is 3.46. The maximum Gasteiger partial charge on any atom is 0.147 e. The molecule has 0 bridgehead atoms. The summed E-state index contributed by atoms with van der Waals surface area (Å²) in [6.45, 7) is 2.95. The summed E-state index contributed by atoms with van der Waals surface area (Å²) < 4.78 is 0. The van der Waals surface area contributed by atoms with Gasteiger partial charge in [-0.2, -0.15) is 0 Å². The van der Waals surface area contributed by atoms with Crippen LogP contribution in [-0.4, -0.2) is 41.0 Å². The van der Waals surface area contributed by atoms with Crippen LogP contribution >= 0.6 is 0 Å². The van der Waals surface area contributed by atoms with Crippen molar-refractivity contribution in [1.29, 1.82) is 0 Å². The SMILES string of the molecule is Cc1nccnc1NCC1(N(C)C)CCCC1. The molecule has 0 atom stereocenters. The zero-order valence-electron chi connectivity index (χ0n) is 11.0. The fraction of sp³-hybridized carbons (Fsp3) is 0.692. The Morgan fingerprint density at radius 2 is 1.88 bits per heavy atom. The molecule has 1 aromatic heterocycles. The molecule has 17 heavy (non-hydrogen) atoms. The van der Waals surface area contributed by atoms with Crippen molar-refractivity contribution in [2.24, 2.45) is 0 Å². The molecule has 1 fully saturated rings. The summed E-state index contributed by atoms with van der Waals surface area (Å²) in [4.78, 5) is 11.0. The Balaban J connectivity index is 2.03. The molecule has 0 unspecified atom stereocenters. The molecule has 1 saturated carbocycles. The van der Waals surface area contributed by atoms with Crippen LogP contribution in [0.1, 0.15) is 31.4 Å². The van der Waals surface area contributed by atoms with Crippen LogP contribution in [0.25, 0.3) is 0 Å². The van der Waals surface area contributed by atoms with Gasteiger partial charge in [0.1, 0.15) is 5.82 Å². The number of aromatic nitrogens is 2. The van der Waals surface area contributed by atoms with Crippen LogP contribution in [0.5, 0.6) is 0 Å². The number of aryl methyl sites for hydroxylation is 1. The van der Waals surface area contributed by atoms with E-state index in [1.165, 1.54) is 25.7 Å². The minimum Gasteiger partial charge on any atom is -0.367 e. The van der Waals surface area contributed by atoms with Gasteiger partial charge in [0.05, 0.1) is 5.69 Å². The number of nitrogens with one attached hydrogen (secondary N) is 1. The molecular weight excluding hydrogens is 212 g/mol. The van der Waals surface area contributed by atoms with E-state index in [4.69, 9.17) is 0 Å². The van der Waals surface area contributed by atoms with E-state index in [1.54, 1.807) is 12.4 Å². The third-order valence-corrected chi connectivity index (χ3v) is 3.95. The number of rotatable bonds is 4. The molecule has 0 radical (unpaired) electrons. The fourth-order valence-electron chi connectivity index (χ4n) is 2.64. The maximum atomic E-state index is 4.34. The summed E-state index contributed by atoms with van der Waals surface area (Å²) in [5.74, 6) is 0.917. The van der Waals surface area contributed by atoms with Gasteiger partial charge in [-0.1, -0.05) is 12.8 Å². The van der Waals surface area contributed by atoms with E-state index in [-0.39, 0.29) is 0 Å². The average Bonchev–Trinajstić information content (AvgIpc) is 2.78. The lowest BCUT2D eigenvalue weighted by atomic mass is 9.96. The monoisotopic (exact) mass is 234 g/mol. The second-order valence-corrected chi connectivity index (χ2v) is 5.17. The molecule has 0 amide bonds. The predicted octanol–water partition coefficient (Wildman–Crippen LogP) is 2.07. The summed E-state index contributed by atoms with van der Waals surface area (Å²) in [7, 11) is 4.35. The minimum atomic E-state index is 0.296. The second kappa shape index (κ2) is 5.00. The van der Waals surface area contributed by atoms with Crippen LogP contribution in [0.2, 0.25) is 0 Å². The van der Waals surface area contributed by atoms with Gasteiger partial charge in [0, 0.05) is 24.5 Å². The van der Waals surface area contributed by atoms with E-state index in [1.807, 2.05) is 6.92 Å². The van der Waals surface area contributed by atoms with Crippen molar-refractivity contribution in [2.45, 2.75) is 38.1 Å². The summed E-state index contributed by atoms with van der Waals surface area (Å²) in [6.07, 6.45) is 8.68. The van der Waals surface area contributed by atoms with Gasteiger partial charge >= 0.3 is 0 Å². The van der Waals surface area contributed by atoms with Gasteiger partial charge in [-0.25, -0.2) is 4.98 Å². The van der Waals surface area contributed by atoms with Crippen molar-refractivity contribution >= 4 is 5.82 Å². The average molecular weight is 234 g/mol. The van der Waals surface area contributed by atoms with Gasteiger partial charge in [-0.15, -0.1) is 0 Å². The van der Waals surface area contributed by atoms with Gasteiger partial charge in [-0.3, -0.25) is 4.98 Å². The van der Waals surface area contributed by atoms with Crippen molar-refractivity contribution in [3.63, 3.8) is 0 Å². The highest BCUT2D eigenvalue weighted by molar-refractivity contribution is 5.38. The molecule has 4 heteroatoms. The molecule has 0 saturated heterocycles. The molecule has 1 heterocycles. The van der Waals surface area contributed by atoms with E-state index in [0.29, 0.717) is 5.54 Å². The first-order valence-corrected chi connectivity index (χ1v) is 6.33. The normalized spacial score (nSPS) is 18.6. The standard InChI is InChI=1S/C13H22N4/c1-11-12(15-9-8-14-11)16-10-13(17(2)3)6-4-5-7-13/h8-9H,4-7,10H2,1-3H3,(H,15,16). The van der Waals surface area contributed by atoms with Gasteiger partial charge < -0.3 is 10.2 Å². The first-order chi connectivity index (χ1) is 8.14. The van der Waals surface area contributed by atoms with Gasteiger partial charge in [0.15, 0.2) is 0 Å². The van der Waals surface area contributed by atoms with Crippen molar-refractivity contribution in [3.8, 4) is 0 Å². The Kier molecular flexibility index (Phi) is 3.62. The molecule has 0 aromatic carbocycles. The Morgan fingerprint density at radius 3 is 2.47 bits per heavy atom. The fourth-order valence-corrected chi connectivity index (χ4v) is 2.64. The van der Waals surface area contributed by atoms with Crippen LogP contribution < -0.4 is 5.32 Å². The van der Waals surface area contributed by atoms with Crippen molar-refractivity contribution in [2.75, 3.05) is 26.0 Å². The first-order valence-electron chi connectivity index (χ1n) is 6.33. The summed E-state index contributed by atoms with van der Waals surface area (Å²) in [6, 6.07) is 0. The molecule has 0 aliphatic heterocycles. The maximum absolute atomic E-state index is 4.34. The van der Waals surface area contributed by atoms with E-state index < -0.39 is 0 Å². The highest BCUT2D eigenvalue weighted by atomic mass is 15.2. The van der Waals surface area contributed by atoms with Gasteiger partial charge in [0.25, 0.3) is 0 Å². The Hall–Kier alpha value is -1.16. The third kappa shape index (κ3) is 2.57. The highest BCUT2D eigenvalue weighted by Crippen LogP contribution is 2.33. The van der Waals surface area contributed by atoms with Crippen LogP contribution in [0.4, 0.5) is 5.82 Å². The smallest absolute Gasteiger partial charge is 0.147 e. The van der Waals surface area contributed by atoms with Gasteiger partial charge in [-0.05, 0) is 33.9 Å². The molecule has 4 nitrogen and oxygen atoms in total. The second-order valence-electron chi connectivity index (χ2n) is 5.17. The zero-order valence-corrected chi connectivity index (χ0v) is 11.0. The van der Waals surface area contributed by atoms with Crippen molar-refractivity contribution in [1.82, 2.24) is 14.9 Å². The molecule has 1 aliphatic carbocycles. The first kappa shape index (κ1) is 12.3. The van der Waals surface area contributed by atoms with Crippen LogP contribution in [0, 0.1) is 6.92 Å². The lowest BCUT2D eigenvalue weighted by Crippen LogP contribution is -2.47. The number of anilines is 1. The van der Waals surface area contributed by atoms with Gasteiger partial charge in [0.2, 0.25) is 0 Å². The van der Waals surface area contributed by atoms with Crippen molar-refractivity contribution in [3.05, 3.63) is 18.1 Å². The Morgan fingerprint density at radius 1 is 1.24 bits per heavy atom. The Labute approximate surface area is 103 Å². The van der Waals surface area contributed by atoms with Crippen LogP contribution in [0.15, 0.2) is 12.4 Å². The minimum absolute atomic E-state index is 0.296. The number of hydrogen-bond donors (Lipinski definition) is 1. The molecule has 1 N–H and O–H groups in total. The predicted molar refractivity (Wildman–Crippen MR) is 70.1 cm³/mol. The topological polar surface area (TPSA) is 41.1 Å². The van der Waals surface area contributed by atoms with E-state index in [0.717, 1.165) is 18.1 Å². The number of nitrogens with zero attached hydrogens (tertiary/aromatic N) is 3. The molecule has 94 valence electrons. The van der Waals surface area contributed by atoms with E-state index in [9.17, 15) is 0 Å². The quantitative estimate of drug-likeness (QED) is 0.866. The third-order valence-electron chi connectivity index (χ3n) is 3.95. The number of likely N-dealkylation sites (N-methyl/N-ethyl adjacent to an activating group) is 1. The lowest BCUT2D eigenvalue weighted by molar-refractivity contribution is 0.172. The Bertz CT molecular complexity index is 369. The molecule has 0 spiro atoms. The summed E-state index contributed by atoms with van der Waals surface area (Å²) >= 11 is 0. The van der Waals surface area contributed by atoms with Crippen molar-refractivity contribution < 1.29 is 0 Å². The molecule has 1 aliphatic rings. The van der Waals surface area contributed by atoms with E-state index in [2.05, 4.69) is 34.3 Å². The molecule has 2 rings (SSSR count). The zero-order chi connectivity index (χ0) is 12.3. The molecule has 1 aromatic rings. The van der Waals surface area contributed by atoms with E-state index >= 15 is 0 Å².